The Morgan fingerprint density at radius 2 is 2.19 bits per heavy atom. The van der Waals surface area contributed by atoms with E-state index >= 15 is 0 Å². The predicted molar refractivity (Wildman–Crippen MR) is 63.8 cm³/mol. The molecule has 2 nitrogen and oxygen atoms in total. The van der Waals surface area contributed by atoms with Gasteiger partial charge in [-0.3, -0.25) is 0 Å². The lowest BCUT2D eigenvalue weighted by Crippen LogP contribution is -2.47. The molecule has 1 saturated heterocycles. The molecule has 0 N–H and O–H groups in total. The van der Waals surface area contributed by atoms with Crippen LogP contribution in [0, 0.1) is 34.5 Å². The topological polar surface area (TPSA) is 33.0 Å². The van der Waals surface area contributed by atoms with Crippen molar-refractivity contribution in [1.82, 2.24) is 0 Å². The first kappa shape index (κ1) is 11.9. The smallest absolute Gasteiger partial charge is 0.0624 e. The lowest BCUT2D eigenvalue weighted by molar-refractivity contribution is -0.145. The fraction of sp³-hybridized carbons (Fsp3) is 0.929. The summed E-state index contributed by atoms with van der Waals surface area (Å²) in [4.78, 5) is 0. The zero-order chi connectivity index (χ0) is 11.6. The molecule has 0 amide bonds. The van der Waals surface area contributed by atoms with Crippen LogP contribution in [0.2, 0.25) is 0 Å². The van der Waals surface area contributed by atoms with Gasteiger partial charge in [-0.05, 0) is 30.6 Å². The average Bonchev–Trinajstić information content (AvgIpc) is 2.23. The second-order valence-electron chi connectivity index (χ2n) is 6.12. The summed E-state index contributed by atoms with van der Waals surface area (Å²) in [6.45, 7) is 6.48. The highest BCUT2D eigenvalue weighted by Crippen LogP contribution is 2.48. The molecule has 2 heteroatoms. The van der Waals surface area contributed by atoms with Crippen LogP contribution in [-0.2, 0) is 4.74 Å². The van der Waals surface area contributed by atoms with Gasteiger partial charge in [0.25, 0.3) is 0 Å². The molecule has 0 aromatic rings. The van der Waals surface area contributed by atoms with E-state index in [4.69, 9.17) is 10.00 Å². The van der Waals surface area contributed by atoms with Crippen LogP contribution in [0.1, 0.15) is 46.0 Å². The number of nitrogens with zero attached hydrogens (tertiary/aromatic N) is 1. The Kier molecular flexibility index (Phi) is 3.54. The molecule has 2 atom stereocenters. The van der Waals surface area contributed by atoms with E-state index in [1.165, 1.54) is 25.7 Å². The molecule has 2 rings (SSSR count). The third kappa shape index (κ3) is 2.25. The van der Waals surface area contributed by atoms with Crippen molar-refractivity contribution in [3.8, 4) is 6.07 Å². The van der Waals surface area contributed by atoms with Crippen molar-refractivity contribution in [1.29, 1.82) is 5.26 Å². The summed E-state index contributed by atoms with van der Waals surface area (Å²) in [5.41, 5.74) is 0.505. The van der Waals surface area contributed by atoms with E-state index in [1.54, 1.807) is 0 Å². The molecule has 1 spiro atoms. The molecule has 1 heterocycles. The summed E-state index contributed by atoms with van der Waals surface area (Å²) in [5.74, 6) is 2.00. The van der Waals surface area contributed by atoms with Crippen LogP contribution in [0.5, 0.6) is 0 Å². The van der Waals surface area contributed by atoms with E-state index in [0.717, 1.165) is 25.6 Å². The maximum Gasteiger partial charge on any atom is 0.0624 e. The molecule has 2 aliphatic rings. The van der Waals surface area contributed by atoms with Gasteiger partial charge in [0.1, 0.15) is 0 Å². The maximum absolute atomic E-state index is 8.94. The summed E-state index contributed by atoms with van der Waals surface area (Å²) in [6.07, 6.45) is 6.05. The number of hydrogen-bond donors (Lipinski definition) is 0. The highest BCUT2D eigenvalue weighted by molar-refractivity contribution is 4.94. The maximum atomic E-state index is 8.94. The SMILES string of the molecule is CC(C)C(CC#N)C1CCCC2(COC2)C1. The van der Waals surface area contributed by atoms with E-state index in [2.05, 4.69) is 19.9 Å². The van der Waals surface area contributed by atoms with Gasteiger partial charge in [0.05, 0.1) is 19.3 Å². The van der Waals surface area contributed by atoms with Crippen LogP contribution in [0.25, 0.3) is 0 Å². The first-order valence-corrected chi connectivity index (χ1v) is 6.61. The Hall–Kier alpha value is -0.550. The molecule has 2 fully saturated rings. The van der Waals surface area contributed by atoms with E-state index in [0.29, 0.717) is 17.3 Å². The predicted octanol–water partition coefficient (Wildman–Crippen LogP) is 3.38. The van der Waals surface area contributed by atoms with Crippen LogP contribution in [-0.4, -0.2) is 13.2 Å². The van der Waals surface area contributed by atoms with Gasteiger partial charge in [0.15, 0.2) is 0 Å². The quantitative estimate of drug-likeness (QED) is 0.732. The number of ether oxygens (including phenoxy) is 1. The molecule has 0 aromatic carbocycles. The molecule has 0 bridgehead atoms. The molecule has 90 valence electrons. The van der Waals surface area contributed by atoms with Gasteiger partial charge in [-0.15, -0.1) is 0 Å². The number of nitriles is 1. The lowest BCUT2D eigenvalue weighted by atomic mass is 9.63. The highest BCUT2D eigenvalue weighted by Gasteiger charge is 2.44. The standard InChI is InChI=1S/C14H23NO/c1-11(2)13(5-7-15)12-4-3-6-14(8-12)9-16-10-14/h11-13H,3-6,8-10H2,1-2H3. The molecule has 0 aromatic heterocycles. The van der Waals surface area contributed by atoms with E-state index < -0.39 is 0 Å². The van der Waals surface area contributed by atoms with Crippen LogP contribution >= 0.6 is 0 Å². The third-order valence-corrected chi connectivity index (χ3v) is 4.58. The van der Waals surface area contributed by atoms with Crippen LogP contribution < -0.4 is 0 Å². The van der Waals surface area contributed by atoms with Crippen LogP contribution in [0.4, 0.5) is 0 Å². The van der Waals surface area contributed by atoms with E-state index in [9.17, 15) is 0 Å². The molecule has 1 saturated carbocycles. The van der Waals surface area contributed by atoms with Crippen molar-refractivity contribution >= 4 is 0 Å². The number of hydrogen-bond acceptors (Lipinski definition) is 2. The Bertz CT molecular complexity index is 275. The van der Waals surface area contributed by atoms with Crippen molar-refractivity contribution in [2.24, 2.45) is 23.2 Å². The van der Waals surface area contributed by atoms with E-state index in [1.807, 2.05) is 0 Å². The molecule has 1 aliphatic heterocycles. The summed E-state index contributed by atoms with van der Waals surface area (Å²) in [5, 5.41) is 8.94. The highest BCUT2D eigenvalue weighted by atomic mass is 16.5. The van der Waals surface area contributed by atoms with Gasteiger partial charge in [-0.2, -0.15) is 5.26 Å². The minimum Gasteiger partial charge on any atom is -0.380 e. The zero-order valence-electron chi connectivity index (χ0n) is 10.5. The molecule has 2 unspecified atom stereocenters. The minimum atomic E-state index is 0.505. The summed E-state index contributed by atoms with van der Waals surface area (Å²) >= 11 is 0. The molecule has 1 aliphatic carbocycles. The fourth-order valence-corrected chi connectivity index (χ4v) is 3.57. The third-order valence-electron chi connectivity index (χ3n) is 4.58. The van der Waals surface area contributed by atoms with Gasteiger partial charge in [-0.25, -0.2) is 0 Å². The first-order valence-electron chi connectivity index (χ1n) is 6.61. The average molecular weight is 221 g/mol. The van der Waals surface area contributed by atoms with Gasteiger partial charge >= 0.3 is 0 Å². The summed E-state index contributed by atoms with van der Waals surface area (Å²) in [6, 6.07) is 2.38. The van der Waals surface area contributed by atoms with Gasteiger partial charge in [-0.1, -0.05) is 26.7 Å². The minimum absolute atomic E-state index is 0.505. The van der Waals surface area contributed by atoms with Crippen molar-refractivity contribution in [3.63, 3.8) is 0 Å². The van der Waals surface area contributed by atoms with Crippen molar-refractivity contribution < 1.29 is 4.74 Å². The van der Waals surface area contributed by atoms with Crippen LogP contribution in [0.3, 0.4) is 0 Å². The summed E-state index contributed by atoms with van der Waals surface area (Å²) < 4.78 is 5.40. The Labute approximate surface area is 99.0 Å². The fourth-order valence-electron chi connectivity index (χ4n) is 3.57. The largest absolute Gasteiger partial charge is 0.380 e. The Morgan fingerprint density at radius 3 is 2.69 bits per heavy atom. The molecule has 16 heavy (non-hydrogen) atoms. The van der Waals surface area contributed by atoms with Crippen molar-refractivity contribution in [2.75, 3.05) is 13.2 Å². The van der Waals surface area contributed by atoms with Crippen molar-refractivity contribution in [2.45, 2.75) is 46.0 Å². The molecular formula is C14H23NO. The van der Waals surface area contributed by atoms with Crippen LogP contribution in [0.15, 0.2) is 0 Å². The normalized spacial score (nSPS) is 29.8. The lowest BCUT2D eigenvalue weighted by Gasteiger charge is -2.49. The van der Waals surface area contributed by atoms with E-state index in [-0.39, 0.29) is 0 Å². The zero-order valence-corrected chi connectivity index (χ0v) is 10.5. The van der Waals surface area contributed by atoms with Crippen molar-refractivity contribution in [3.05, 3.63) is 0 Å². The number of rotatable bonds is 3. The van der Waals surface area contributed by atoms with Gasteiger partial charge < -0.3 is 4.74 Å². The monoisotopic (exact) mass is 221 g/mol. The molecule has 0 radical (unpaired) electrons. The van der Waals surface area contributed by atoms with Gasteiger partial charge in [0.2, 0.25) is 0 Å². The first-order chi connectivity index (χ1) is 7.67. The Balaban J connectivity index is 1.99. The second-order valence-corrected chi connectivity index (χ2v) is 6.12. The van der Waals surface area contributed by atoms with Gasteiger partial charge in [0, 0.05) is 11.8 Å². The molecular weight excluding hydrogens is 198 g/mol. The second kappa shape index (κ2) is 4.75. The summed E-state index contributed by atoms with van der Waals surface area (Å²) in [7, 11) is 0. The Morgan fingerprint density at radius 1 is 1.44 bits per heavy atom.